The molecule has 0 amide bonds. The van der Waals surface area contributed by atoms with Gasteiger partial charge in [0.15, 0.2) is 5.78 Å². The molecule has 4 nitrogen and oxygen atoms in total. The minimum Gasteiger partial charge on any atom is -0.465 e. The molecule has 1 aromatic heterocycles. The van der Waals surface area contributed by atoms with Crippen LogP contribution >= 0.6 is 15.9 Å². The molecule has 0 bridgehead atoms. The second-order valence-corrected chi connectivity index (χ2v) is 4.35. The number of ketones is 1. The molecule has 1 aromatic rings. The Labute approximate surface area is 102 Å². The van der Waals surface area contributed by atoms with Gasteiger partial charge in [-0.15, -0.1) is 0 Å². The average Bonchev–Trinajstić information content (AvgIpc) is 2.26. The summed E-state index contributed by atoms with van der Waals surface area (Å²) in [6, 6.07) is 3.13. The van der Waals surface area contributed by atoms with Gasteiger partial charge < -0.3 is 4.74 Å². The lowest BCUT2D eigenvalue weighted by molar-refractivity contribution is 0.0595. The molecular formula is C11H12BrNO3. The molecular weight excluding hydrogens is 274 g/mol. The summed E-state index contributed by atoms with van der Waals surface area (Å²) in [6.07, 6.45) is 0. The molecule has 0 saturated heterocycles. The summed E-state index contributed by atoms with van der Waals surface area (Å²) in [4.78, 5) is 27.3. The number of nitrogens with zero attached hydrogens (tertiary/aromatic N) is 1. The lowest BCUT2D eigenvalue weighted by Crippen LogP contribution is -2.16. The molecule has 86 valence electrons. The monoisotopic (exact) mass is 285 g/mol. The first-order chi connectivity index (χ1) is 7.47. The minimum atomic E-state index is -0.552. The standard InChI is InChI=1S/C11H12BrNO3/c1-6(2)10(14)9-7(11(15)16-3)4-5-8(12)13-9/h4-6H,1-3H3. The van der Waals surface area contributed by atoms with Crippen LogP contribution in [-0.2, 0) is 4.74 Å². The number of ether oxygens (including phenoxy) is 1. The third-order valence-corrected chi connectivity index (χ3v) is 2.47. The molecule has 0 fully saturated rings. The maximum absolute atomic E-state index is 11.8. The number of carbonyl (C=O) groups is 2. The Morgan fingerprint density at radius 1 is 1.38 bits per heavy atom. The van der Waals surface area contributed by atoms with E-state index in [9.17, 15) is 9.59 Å². The summed E-state index contributed by atoms with van der Waals surface area (Å²) in [5.41, 5.74) is 0.348. The van der Waals surface area contributed by atoms with Crippen molar-refractivity contribution >= 4 is 27.7 Å². The van der Waals surface area contributed by atoms with Crippen LogP contribution < -0.4 is 0 Å². The highest BCUT2D eigenvalue weighted by molar-refractivity contribution is 9.10. The second-order valence-electron chi connectivity index (χ2n) is 3.54. The number of methoxy groups -OCH3 is 1. The van der Waals surface area contributed by atoms with Crippen molar-refractivity contribution in [3.05, 3.63) is 28.0 Å². The van der Waals surface area contributed by atoms with Crippen molar-refractivity contribution in [1.82, 2.24) is 4.98 Å². The maximum atomic E-state index is 11.8. The van der Waals surface area contributed by atoms with Gasteiger partial charge in [-0.2, -0.15) is 0 Å². The molecule has 5 heteroatoms. The topological polar surface area (TPSA) is 56.3 Å². The number of hydrogen-bond donors (Lipinski definition) is 0. The first kappa shape index (κ1) is 12.8. The molecule has 0 atom stereocenters. The van der Waals surface area contributed by atoms with Crippen LogP contribution in [0.1, 0.15) is 34.7 Å². The molecule has 1 heterocycles. The van der Waals surface area contributed by atoms with Crippen LogP contribution in [0.2, 0.25) is 0 Å². The fraction of sp³-hybridized carbons (Fsp3) is 0.364. The normalized spacial score (nSPS) is 10.3. The molecule has 0 aromatic carbocycles. The van der Waals surface area contributed by atoms with Crippen molar-refractivity contribution in [3.63, 3.8) is 0 Å². The van der Waals surface area contributed by atoms with Gasteiger partial charge in [0.05, 0.1) is 12.7 Å². The number of pyridine rings is 1. The van der Waals surface area contributed by atoms with E-state index in [1.54, 1.807) is 19.9 Å². The van der Waals surface area contributed by atoms with Gasteiger partial charge in [-0.25, -0.2) is 9.78 Å². The van der Waals surface area contributed by atoms with Crippen LogP contribution in [0, 0.1) is 5.92 Å². The predicted molar refractivity (Wildman–Crippen MR) is 62.4 cm³/mol. The number of hydrogen-bond acceptors (Lipinski definition) is 4. The molecule has 0 N–H and O–H groups in total. The predicted octanol–water partition coefficient (Wildman–Crippen LogP) is 2.47. The number of Topliss-reactive ketones (excluding diaryl/α,β-unsaturated/α-hetero) is 1. The first-order valence-corrected chi connectivity index (χ1v) is 5.55. The number of esters is 1. The largest absolute Gasteiger partial charge is 0.465 e. The third kappa shape index (κ3) is 2.66. The Bertz CT molecular complexity index is 429. The van der Waals surface area contributed by atoms with E-state index in [-0.39, 0.29) is 23.0 Å². The van der Waals surface area contributed by atoms with E-state index in [1.165, 1.54) is 13.2 Å². The van der Waals surface area contributed by atoms with Crippen molar-refractivity contribution in [2.45, 2.75) is 13.8 Å². The van der Waals surface area contributed by atoms with E-state index in [0.717, 1.165) is 0 Å². The molecule has 0 spiro atoms. The van der Waals surface area contributed by atoms with Crippen LogP contribution in [0.25, 0.3) is 0 Å². The lowest BCUT2D eigenvalue weighted by Gasteiger charge is -2.08. The van der Waals surface area contributed by atoms with Gasteiger partial charge in [0.2, 0.25) is 0 Å². The molecule has 0 saturated carbocycles. The van der Waals surface area contributed by atoms with Gasteiger partial charge in [0.1, 0.15) is 10.3 Å². The number of aromatic nitrogens is 1. The molecule has 16 heavy (non-hydrogen) atoms. The number of rotatable bonds is 3. The molecule has 0 aliphatic heterocycles. The Balaban J connectivity index is 3.29. The first-order valence-electron chi connectivity index (χ1n) is 4.76. The third-order valence-electron chi connectivity index (χ3n) is 2.02. The SMILES string of the molecule is COC(=O)c1ccc(Br)nc1C(=O)C(C)C. The highest BCUT2D eigenvalue weighted by Crippen LogP contribution is 2.16. The van der Waals surface area contributed by atoms with Gasteiger partial charge in [-0.3, -0.25) is 4.79 Å². The Hall–Kier alpha value is -1.23. The fourth-order valence-corrected chi connectivity index (χ4v) is 1.48. The van der Waals surface area contributed by atoms with Gasteiger partial charge in [-0.1, -0.05) is 13.8 Å². The quantitative estimate of drug-likeness (QED) is 0.486. The second kappa shape index (κ2) is 5.21. The van der Waals surface area contributed by atoms with E-state index in [2.05, 4.69) is 25.7 Å². The summed E-state index contributed by atoms with van der Waals surface area (Å²) < 4.78 is 5.12. The zero-order chi connectivity index (χ0) is 12.3. The lowest BCUT2D eigenvalue weighted by atomic mass is 10.0. The highest BCUT2D eigenvalue weighted by Gasteiger charge is 2.21. The molecule has 0 aliphatic carbocycles. The summed E-state index contributed by atoms with van der Waals surface area (Å²) in [7, 11) is 1.27. The van der Waals surface area contributed by atoms with Crippen molar-refractivity contribution < 1.29 is 14.3 Å². The van der Waals surface area contributed by atoms with E-state index in [0.29, 0.717) is 4.60 Å². The van der Waals surface area contributed by atoms with Crippen molar-refractivity contribution in [2.75, 3.05) is 7.11 Å². The van der Waals surface area contributed by atoms with Crippen LogP contribution in [-0.4, -0.2) is 23.8 Å². The van der Waals surface area contributed by atoms with Gasteiger partial charge in [0, 0.05) is 5.92 Å². The van der Waals surface area contributed by atoms with Crippen LogP contribution in [0.3, 0.4) is 0 Å². The maximum Gasteiger partial charge on any atom is 0.340 e. The van der Waals surface area contributed by atoms with Crippen molar-refractivity contribution in [1.29, 1.82) is 0 Å². The zero-order valence-electron chi connectivity index (χ0n) is 9.28. The highest BCUT2D eigenvalue weighted by atomic mass is 79.9. The Kier molecular flexibility index (Phi) is 4.18. The van der Waals surface area contributed by atoms with Crippen molar-refractivity contribution in [3.8, 4) is 0 Å². The number of halogens is 1. The van der Waals surface area contributed by atoms with E-state index in [1.807, 2.05) is 0 Å². The molecule has 0 radical (unpaired) electrons. The average molecular weight is 286 g/mol. The smallest absolute Gasteiger partial charge is 0.340 e. The molecule has 0 unspecified atom stereocenters. The van der Waals surface area contributed by atoms with Crippen LogP contribution in [0.15, 0.2) is 16.7 Å². The number of carbonyl (C=O) groups excluding carboxylic acids is 2. The van der Waals surface area contributed by atoms with Gasteiger partial charge in [0.25, 0.3) is 0 Å². The van der Waals surface area contributed by atoms with Crippen LogP contribution in [0.5, 0.6) is 0 Å². The summed E-state index contributed by atoms with van der Waals surface area (Å²) >= 11 is 3.17. The Morgan fingerprint density at radius 3 is 2.50 bits per heavy atom. The summed E-state index contributed by atoms with van der Waals surface area (Å²) in [5, 5.41) is 0. The molecule has 1 rings (SSSR count). The zero-order valence-corrected chi connectivity index (χ0v) is 10.9. The van der Waals surface area contributed by atoms with Crippen molar-refractivity contribution in [2.24, 2.45) is 5.92 Å². The Morgan fingerprint density at radius 2 is 2.00 bits per heavy atom. The molecule has 0 aliphatic rings. The van der Waals surface area contributed by atoms with E-state index in [4.69, 9.17) is 0 Å². The van der Waals surface area contributed by atoms with Crippen LogP contribution in [0.4, 0.5) is 0 Å². The minimum absolute atomic E-state index is 0.149. The summed E-state index contributed by atoms with van der Waals surface area (Å²) in [6.45, 7) is 3.51. The van der Waals surface area contributed by atoms with Gasteiger partial charge in [-0.05, 0) is 28.1 Å². The summed E-state index contributed by atoms with van der Waals surface area (Å²) in [5.74, 6) is -0.948. The van der Waals surface area contributed by atoms with Gasteiger partial charge >= 0.3 is 5.97 Å². The van der Waals surface area contributed by atoms with E-state index >= 15 is 0 Å². The fourth-order valence-electron chi connectivity index (χ4n) is 1.17. The van der Waals surface area contributed by atoms with E-state index < -0.39 is 5.97 Å².